The Bertz CT molecular complexity index is 311. The second-order valence-corrected chi connectivity index (χ2v) is 9.29. The summed E-state index contributed by atoms with van der Waals surface area (Å²) in [5.41, 5.74) is 1.57. The van der Waals surface area contributed by atoms with Gasteiger partial charge in [-0.1, -0.05) is 0 Å². The summed E-state index contributed by atoms with van der Waals surface area (Å²) in [6.07, 6.45) is 4.31. The van der Waals surface area contributed by atoms with Crippen molar-refractivity contribution < 1.29 is 0 Å². The fourth-order valence-corrected chi connectivity index (χ4v) is 9.28. The third kappa shape index (κ3) is 1.22. The number of halogens is 1. The van der Waals surface area contributed by atoms with Crippen molar-refractivity contribution in [2.24, 2.45) is 0 Å². The van der Waals surface area contributed by atoms with Crippen LogP contribution in [-0.2, 0) is 3.55 Å². The van der Waals surface area contributed by atoms with Crippen LogP contribution in [0.25, 0.3) is 0 Å². The van der Waals surface area contributed by atoms with Gasteiger partial charge in [-0.2, -0.15) is 0 Å². The van der Waals surface area contributed by atoms with Crippen LogP contribution in [0.5, 0.6) is 0 Å². The Balaban J connectivity index is 1.94. The molecule has 2 saturated heterocycles. The van der Waals surface area contributed by atoms with E-state index >= 15 is 0 Å². The molecule has 0 saturated carbocycles. The van der Waals surface area contributed by atoms with E-state index in [1.165, 1.54) is 23.7 Å². The minimum atomic E-state index is -0.709. The van der Waals surface area contributed by atoms with E-state index in [4.69, 9.17) is 0 Å². The maximum atomic E-state index is 3.82. The molecule has 70 valence electrons. The van der Waals surface area contributed by atoms with Crippen molar-refractivity contribution in [3.05, 3.63) is 35.9 Å². The van der Waals surface area contributed by atoms with Gasteiger partial charge in [-0.15, -0.1) is 0 Å². The summed E-state index contributed by atoms with van der Waals surface area (Å²) in [5.74, 6) is 0. The van der Waals surface area contributed by atoms with Crippen molar-refractivity contribution in [3.63, 3.8) is 0 Å². The van der Waals surface area contributed by atoms with Crippen LogP contribution >= 0.6 is 20.1 Å². The molecular weight excluding hydrogens is 273 g/mol. The topological polar surface area (TPSA) is 21.9 Å². The number of fused-ring (bicyclic) bond motifs is 1. The number of benzene rings is 1. The standard InChI is InChI=1S/C11H14IN/c1-2-6-10(7-3-1)11-8-4-5-9-12(11)13-11/h1-3,6-7,13H,4-5,8-9H2. The molecule has 2 fully saturated rings. The van der Waals surface area contributed by atoms with Crippen LogP contribution in [0.4, 0.5) is 0 Å². The first-order valence-electron chi connectivity index (χ1n) is 4.91. The number of nitrogens with one attached hydrogen (secondary N) is 1. The van der Waals surface area contributed by atoms with Crippen molar-refractivity contribution in [1.29, 1.82) is 0 Å². The zero-order valence-corrected chi connectivity index (χ0v) is 9.75. The molecule has 1 atom stereocenters. The molecule has 0 spiro atoms. The van der Waals surface area contributed by atoms with Gasteiger partial charge in [0, 0.05) is 0 Å². The summed E-state index contributed by atoms with van der Waals surface area (Å²) in [5, 5.41) is 0. The summed E-state index contributed by atoms with van der Waals surface area (Å²) in [6.45, 7) is 0. The fourth-order valence-electron chi connectivity index (χ4n) is 2.16. The number of hydrogen-bond donors (Lipinski definition) is 1. The quantitative estimate of drug-likeness (QED) is 0.277. The normalized spacial score (nSPS) is 34.0. The monoisotopic (exact) mass is 287 g/mol. The van der Waals surface area contributed by atoms with Gasteiger partial charge < -0.3 is 0 Å². The molecule has 0 bridgehead atoms. The van der Waals surface area contributed by atoms with Crippen LogP contribution in [-0.4, -0.2) is 4.43 Å². The second-order valence-electron chi connectivity index (χ2n) is 3.77. The van der Waals surface area contributed by atoms with Crippen LogP contribution in [0.3, 0.4) is 0 Å². The van der Waals surface area contributed by atoms with E-state index in [-0.39, 0.29) is 0 Å². The van der Waals surface area contributed by atoms with E-state index in [2.05, 4.69) is 33.9 Å². The maximum absolute atomic E-state index is 3.82. The predicted molar refractivity (Wildman–Crippen MR) is 64.0 cm³/mol. The van der Waals surface area contributed by atoms with Crippen molar-refractivity contribution >= 4 is 20.1 Å². The molecule has 0 aromatic heterocycles. The van der Waals surface area contributed by atoms with Gasteiger partial charge in [0.25, 0.3) is 0 Å². The van der Waals surface area contributed by atoms with Crippen LogP contribution < -0.4 is 3.53 Å². The van der Waals surface area contributed by atoms with E-state index < -0.39 is 20.1 Å². The molecule has 1 aromatic carbocycles. The first-order valence-corrected chi connectivity index (χ1v) is 8.59. The zero-order valence-electron chi connectivity index (χ0n) is 7.59. The Morgan fingerprint density at radius 1 is 1.15 bits per heavy atom. The first kappa shape index (κ1) is 8.24. The number of alkyl halides is 2. The summed E-state index contributed by atoms with van der Waals surface area (Å²) < 4.78 is 5.89. The zero-order chi connectivity index (χ0) is 8.73. The average Bonchev–Trinajstić information content (AvgIpc) is 2.94. The van der Waals surface area contributed by atoms with Gasteiger partial charge in [0.15, 0.2) is 0 Å². The van der Waals surface area contributed by atoms with Crippen LogP contribution in [0.15, 0.2) is 30.3 Å². The Morgan fingerprint density at radius 3 is 2.77 bits per heavy atom. The van der Waals surface area contributed by atoms with Crippen molar-refractivity contribution in [2.75, 3.05) is 4.43 Å². The predicted octanol–water partition coefficient (Wildman–Crippen LogP) is 3.05. The van der Waals surface area contributed by atoms with Gasteiger partial charge in [-0.05, 0) is 0 Å². The molecule has 1 aromatic rings. The molecule has 2 aliphatic rings. The molecule has 13 heavy (non-hydrogen) atoms. The Kier molecular flexibility index (Phi) is 1.87. The van der Waals surface area contributed by atoms with Gasteiger partial charge in [-0.3, -0.25) is 0 Å². The molecule has 3 rings (SSSR count). The fraction of sp³-hybridized carbons (Fsp3) is 0.455. The molecule has 1 nitrogen and oxygen atoms in total. The molecule has 1 unspecified atom stereocenters. The second kappa shape index (κ2) is 2.95. The summed E-state index contributed by atoms with van der Waals surface area (Å²) >= 11 is -0.709. The number of rotatable bonds is 1. The average molecular weight is 287 g/mol. The van der Waals surface area contributed by atoms with Gasteiger partial charge >= 0.3 is 86.8 Å². The molecule has 0 aliphatic carbocycles. The van der Waals surface area contributed by atoms with Crippen LogP contribution in [0, 0.1) is 0 Å². The van der Waals surface area contributed by atoms with Gasteiger partial charge in [0.2, 0.25) is 0 Å². The Morgan fingerprint density at radius 2 is 2.00 bits per heavy atom. The third-order valence-electron chi connectivity index (χ3n) is 2.94. The SMILES string of the molecule is c1ccc(C23CCCCI2N3)cc1. The molecule has 2 heteroatoms. The van der Waals surface area contributed by atoms with Crippen LogP contribution in [0.1, 0.15) is 24.8 Å². The minimum absolute atomic E-state index is 0.545. The first-order chi connectivity index (χ1) is 6.42. The molecule has 1 N–H and O–H groups in total. The van der Waals surface area contributed by atoms with E-state index in [0.717, 1.165) is 0 Å². The number of hydrogen-bond acceptors (Lipinski definition) is 1. The van der Waals surface area contributed by atoms with E-state index in [0.29, 0.717) is 3.55 Å². The van der Waals surface area contributed by atoms with Crippen molar-refractivity contribution in [3.8, 4) is 0 Å². The molecule has 2 aliphatic heterocycles. The molecule has 0 amide bonds. The Labute approximate surface area is 86.7 Å². The summed E-state index contributed by atoms with van der Waals surface area (Å²) in [4.78, 5) is 0. The van der Waals surface area contributed by atoms with Gasteiger partial charge in [0.1, 0.15) is 0 Å². The van der Waals surface area contributed by atoms with Gasteiger partial charge in [0.05, 0.1) is 0 Å². The van der Waals surface area contributed by atoms with Crippen molar-refractivity contribution in [1.82, 2.24) is 3.53 Å². The van der Waals surface area contributed by atoms with E-state index in [1.807, 2.05) is 0 Å². The summed E-state index contributed by atoms with van der Waals surface area (Å²) in [6, 6.07) is 11.1. The van der Waals surface area contributed by atoms with Crippen LogP contribution in [0.2, 0.25) is 0 Å². The van der Waals surface area contributed by atoms with E-state index in [9.17, 15) is 0 Å². The summed E-state index contributed by atoms with van der Waals surface area (Å²) in [7, 11) is 0. The molecular formula is C11H14IN. The van der Waals surface area contributed by atoms with Gasteiger partial charge in [-0.25, -0.2) is 0 Å². The van der Waals surface area contributed by atoms with E-state index in [1.54, 1.807) is 5.56 Å². The molecule has 2 heterocycles. The third-order valence-corrected chi connectivity index (χ3v) is 9.47. The molecule has 0 radical (unpaired) electrons. The van der Waals surface area contributed by atoms with Crippen molar-refractivity contribution in [2.45, 2.75) is 22.8 Å². The Hall–Kier alpha value is -0.0900.